The highest BCUT2D eigenvalue weighted by Gasteiger charge is 2.32. The molecule has 2 atom stereocenters. The smallest absolute Gasteiger partial charge is 0.291 e. The van der Waals surface area contributed by atoms with Crippen molar-refractivity contribution < 1.29 is 23.5 Å². The average molecular weight is 420 g/mol. The summed E-state index contributed by atoms with van der Waals surface area (Å²) in [4.78, 5) is 28.2. The highest BCUT2D eigenvalue weighted by Crippen LogP contribution is 2.41. The van der Waals surface area contributed by atoms with E-state index in [4.69, 9.17) is 13.9 Å². The fourth-order valence-electron chi connectivity index (χ4n) is 4.18. The number of hydrogen-bond donors (Lipinski definition) is 1. The molecule has 0 radical (unpaired) electrons. The lowest BCUT2D eigenvalue weighted by Gasteiger charge is -2.26. The van der Waals surface area contributed by atoms with Gasteiger partial charge in [0.15, 0.2) is 0 Å². The molecular weight excluding hydrogens is 396 g/mol. The maximum Gasteiger partial charge on any atom is 0.291 e. The van der Waals surface area contributed by atoms with Gasteiger partial charge in [-0.15, -0.1) is 0 Å². The third-order valence-corrected chi connectivity index (χ3v) is 6.12. The number of nitrogens with zero attached hydrogens (tertiary/aromatic N) is 1. The Bertz CT molecular complexity index is 1160. The van der Waals surface area contributed by atoms with Crippen molar-refractivity contribution in [3.63, 3.8) is 0 Å². The zero-order valence-corrected chi connectivity index (χ0v) is 17.5. The summed E-state index contributed by atoms with van der Waals surface area (Å²) in [5.41, 5.74) is 2.39. The Morgan fingerprint density at radius 3 is 2.61 bits per heavy atom. The number of carbonyl (C=O) groups is 2. The van der Waals surface area contributed by atoms with Crippen molar-refractivity contribution >= 4 is 28.5 Å². The van der Waals surface area contributed by atoms with E-state index in [1.54, 1.807) is 17.0 Å². The molecule has 5 rings (SSSR count). The van der Waals surface area contributed by atoms with E-state index in [9.17, 15) is 9.59 Å². The molecule has 2 aliphatic heterocycles. The minimum atomic E-state index is -0.333. The predicted octanol–water partition coefficient (Wildman–Crippen LogP) is 4.04. The van der Waals surface area contributed by atoms with Gasteiger partial charge < -0.3 is 24.1 Å². The lowest BCUT2D eigenvalue weighted by Crippen LogP contribution is -2.40. The molecule has 31 heavy (non-hydrogen) atoms. The standard InChI is InChI=1S/C24H24N2O5/c1-14-15(2)30-21-16(14)7-5-8-18(21)23(27)25-20-17-6-3-4-9-19(17)31-22(20)24(28)26-10-12-29-13-11-26/h3-9,14-15H,10-13H2,1-2H3,(H,25,27)/t14-,15+/m1/s1. The van der Waals surface area contributed by atoms with E-state index in [1.165, 1.54) is 0 Å². The first-order chi connectivity index (χ1) is 15.0. The molecule has 2 aromatic carbocycles. The minimum absolute atomic E-state index is 0.00263. The second-order valence-electron chi connectivity index (χ2n) is 8.00. The van der Waals surface area contributed by atoms with Crippen LogP contribution in [0.3, 0.4) is 0 Å². The Balaban J connectivity index is 1.52. The van der Waals surface area contributed by atoms with Crippen LogP contribution >= 0.6 is 0 Å². The maximum atomic E-state index is 13.3. The summed E-state index contributed by atoms with van der Waals surface area (Å²) < 4.78 is 17.2. The summed E-state index contributed by atoms with van der Waals surface area (Å²) in [5, 5.41) is 3.62. The molecule has 1 aromatic heterocycles. The van der Waals surface area contributed by atoms with E-state index in [0.717, 1.165) is 5.56 Å². The number of carbonyl (C=O) groups excluding carboxylic acids is 2. The number of furan rings is 1. The molecule has 0 saturated carbocycles. The molecule has 7 nitrogen and oxygen atoms in total. The zero-order valence-electron chi connectivity index (χ0n) is 17.5. The van der Waals surface area contributed by atoms with E-state index in [-0.39, 0.29) is 29.6 Å². The highest BCUT2D eigenvalue weighted by atomic mass is 16.5. The summed E-state index contributed by atoms with van der Waals surface area (Å²) >= 11 is 0. The molecule has 0 unspecified atom stereocenters. The number of nitrogens with one attached hydrogen (secondary N) is 1. The molecule has 3 heterocycles. The number of ether oxygens (including phenoxy) is 2. The van der Waals surface area contributed by atoms with Gasteiger partial charge in [0.2, 0.25) is 5.76 Å². The molecule has 0 aliphatic carbocycles. The minimum Gasteiger partial charge on any atom is -0.489 e. The number of fused-ring (bicyclic) bond motifs is 2. The Labute approximate surface area is 179 Å². The van der Waals surface area contributed by atoms with Crippen LogP contribution in [0.5, 0.6) is 5.75 Å². The van der Waals surface area contributed by atoms with Crippen LogP contribution in [-0.4, -0.2) is 49.1 Å². The van der Waals surface area contributed by atoms with Gasteiger partial charge in [-0.05, 0) is 25.1 Å². The second kappa shape index (κ2) is 7.74. The van der Waals surface area contributed by atoms with Gasteiger partial charge in [0.1, 0.15) is 23.1 Å². The lowest BCUT2D eigenvalue weighted by atomic mass is 9.97. The number of amides is 2. The van der Waals surface area contributed by atoms with E-state index in [1.807, 2.05) is 37.3 Å². The molecule has 160 valence electrons. The predicted molar refractivity (Wildman–Crippen MR) is 116 cm³/mol. The van der Waals surface area contributed by atoms with Gasteiger partial charge in [0.25, 0.3) is 11.8 Å². The van der Waals surface area contributed by atoms with Crippen LogP contribution in [0.4, 0.5) is 5.69 Å². The van der Waals surface area contributed by atoms with Gasteiger partial charge >= 0.3 is 0 Å². The van der Waals surface area contributed by atoms with Crippen LogP contribution in [0, 0.1) is 0 Å². The third kappa shape index (κ3) is 3.35. The second-order valence-corrected chi connectivity index (χ2v) is 8.00. The van der Waals surface area contributed by atoms with E-state index in [2.05, 4.69) is 12.2 Å². The van der Waals surface area contributed by atoms with Crippen molar-refractivity contribution in [3.8, 4) is 5.75 Å². The first-order valence-corrected chi connectivity index (χ1v) is 10.5. The molecular formula is C24H24N2O5. The number of rotatable bonds is 3. The van der Waals surface area contributed by atoms with Crippen LogP contribution in [0.15, 0.2) is 46.9 Å². The summed E-state index contributed by atoms with van der Waals surface area (Å²) in [7, 11) is 0. The van der Waals surface area contributed by atoms with Crippen LogP contribution in [-0.2, 0) is 4.74 Å². The van der Waals surface area contributed by atoms with E-state index >= 15 is 0 Å². The zero-order chi connectivity index (χ0) is 21.5. The molecule has 1 N–H and O–H groups in total. The van der Waals surface area contributed by atoms with Crippen molar-refractivity contribution in [2.24, 2.45) is 0 Å². The Hall–Kier alpha value is -3.32. The number of hydrogen-bond acceptors (Lipinski definition) is 5. The van der Waals surface area contributed by atoms with Crippen molar-refractivity contribution in [1.82, 2.24) is 4.90 Å². The van der Waals surface area contributed by atoms with Crippen LogP contribution < -0.4 is 10.1 Å². The van der Waals surface area contributed by atoms with Gasteiger partial charge in [-0.1, -0.05) is 31.2 Å². The first kappa shape index (κ1) is 19.6. The van der Waals surface area contributed by atoms with Crippen LogP contribution in [0.2, 0.25) is 0 Å². The van der Waals surface area contributed by atoms with Gasteiger partial charge in [-0.2, -0.15) is 0 Å². The summed E-state index contributed by atoms with van der Waals surface area (Å²) in [5.74, 6) is 0.351. The molecule has 0 bridgehead atoms. The van der Waals surface area contributed by atoms with Crippen molar-refractivity contribution in [1.29, 1.82) is 0 Å². The molecule has 7 heteroatoms. The Morgan fingerprint density at radius 1 is 1.03 bits per heavy atom. The maximum absolute atomic E-state index is 13.3. The summed E-state index contributed by atoms with van der Waals surface area (Å²) in [6.07, 6.45) is -0.00263. The topological polar surface area (TPSA) is 81.0 Å². The van der Waals surface area contributed by atoms with Crippen molar-refractivity contribution in [2.75, 3.05) is 31.6 Å². The van der Waals surface area contributed by atoms with Gasteiger partial charge in [0.05, 0.1) is 18.8 Å². The van der Waals surface area contributed by atoms with Crippen LogP contribution in [0.25, 0.3) is 11.0 Å². The highest BCUT2D eigenvalue weighted by molar-refractivity contribution is 6.15. The van der Waals surface area contributed by atoms with Crippen molar-refractivity contribution in [2.45, 2.75) is 25.9 Å². The molecule has 2 aliphatic rings. The Morgan fingerprint density at radius 2 is 1.81 bits per heavy atom. The largest absolute Gasteiger partial charge is 0.489 e. The van der Waals surface area contributed by atoms with E-state index < -0.39 is 0 Å². The van der Waals surface area contributed by atoms with E-state index in [0.29, 0.717) is 54.3 Å². The number of benzene rings is 2. The Kier molecular flexibility index (Phi) is 4.90. The van der Waals surface area contributed by atoms with Gasteiger partial charge in [-0.3, -0.25) is 9.59 Å². The SMILES string of the molecule is C[C@@H]1Oc2c(C(=O)Nc3c(C(=O)N4CCOCC4)oc4ccccc34)cccc2[C@@H]1C. The molecule has 1 fully saturated rings. The molecule has 3 aromatic rings. The number of anilines is 1. The fourth-order valence-corrected chi connectivity index (χ4v) is 4.18. The van der Waals surface area contributed by atoms with Gasteiger partial charge in [-0.25, -0.2) is 0 Å². The fraction of sp³-hybridized carbons (Fsp3) is 0.333. The van der Waals surface area contributed by atoms with Crippen molar-refractivity contribution in [3.05, 3.63) is 59.4 Å². The summed E-state index contributed by atoms with van der Waals surface area (Å²) in [6, 6.07) is 12.9. The normalized spacial score (nSPS) is 20.4. The van der Waals surface area contributed by atoms with Crippen LogP contribution in [0.1, 0.15) is 46.2 Å². The first-order valence-electron chi connectivity index (χ1n) is 10.5. The lowest BCUT2D eigenvalue weighted by molar-refractivity contribution is 0.0285. The number of morpholine rings is 1. The molecule has 1 saturated heterocycles. The molecule has 0 spiro atoms. The number of para-hydroxylation sites is 2. The summed E-state index contributed by atoms with van der Waals surface area (Å²) in [6.45, 7) is 6.02. The third-order valence-electron chi connectivity index (χ3n) is 6.12. The monoisotopic (exact) mass is 420 g/mol. The average Bonchev–Trinajstić information content (AvgIpc) is 3.31. The molecule has 2 amide bonds. The quantitative estimate of drug-likeness (QED) is 0.692. The van der Waals surface area contributed by atoms with Gasteiger partial charge in [0, 0.05) is 30.0 Å².